The molecule has 0 fully saturated rings. The van der Waals surface area contributed by atoms with E-state index >= 15 is 0 Å². The Morgan fingerprint density at radius 2 is 2.21 bits per heavy atom. The van der Waals surface area contributed by atoms with Crippen molar-refractivity contribution < 1.29 is 4.39 Å². The monoisotopic (exact) mass is 191 g/mol. The minimum atomic E-state index is -0.305. The molecule has 0 saturated carbocycles. The number of aryl methyl sites for hydroxylation is 1. The van der Waals surface area contributed by atoms with Crippen LogP contribution < -0.4 is 5.73 Å². The van der Waals surface area contributed by atoms with Gasteiger partial charge in [0.15, 0.2) is 0 Å². The summed E-state index contributed by atoms with van der Waals surface area (Å²) in [7, 11) is 0. The van der Waals surface area contributed by atoms with Crippen molar-refractivity contribution >= 4 is 5.69 Å². The zero-order valence-corrected chi connectivity index (χ0v) is 7.74. The highest BCUT2D eigenvalue weighted by Gasteiger charge is 2.03. The van der Waals surface area contributed by atoms with Gasteiger partial charge in [0.25, 0.3) is 0 Å². The molecule has 72 valence electrons. The number of halogens is 1. The van der Waals surface area contributed by atoms with E-state index in [9.17, 15) is 4.39 Å². The van der Waals surface area contributed by atoms with Gasteiger partial charge < -0.3 is 10.3 Å². The largest absolute Gasteiger partial charge is 0.397 e. The average Bonchev–Trinajstić information content (AvgIpc) is 2.56. The normalized spacial score (nSPS) is 10.4. The van der Waals surface area contributed by atoms with Gasteiger partial charge in [0.2, 0.25) is 0 Å². The third-order valence-corrected chi connectivity index (χ3v) is 1.98. The Labute approximate surface area is 81.0 Å². The Morgan fingerprint density at radius 3 is 2.86 bits per heavy atom. The van der Waals surface area contributed by atoms with Crippen molar-refractivity contribution in [1.29, 1.82) is 0 Å². The maximum Gasteiger partial charge on any atom is 0.125 e. The number of aromatic nitrogens is 2. The predicted molar refractivity (Wildman–Crippen MR) is 52.7 cm³/mol. The van der Waals surface area contributed by atoms with E-state index < -0.39 is 0 Å². The highest BCUT2D eigenvalue weighted by molar-refractivity contribution is 5.57. The number of anilines is 1. The molecule has 0 aliphatic heterocycles. The number of hydrogen-bond donors (Lipinski definition) is 1. The molecule has 1 heterocycles. The molecule has 1 aromatic carbocycles. The Bertz CT molecular complexity index is 462. The molecular formula is C10H10FN3. The first-order valence-electron chi connectivity index (χ1n) is 4.23. The number of benzene rings is 1. The third kappa shape index (κ3) is 1.46. The standard InChI is InChI=1S/C10H10FN3/c1-7-5-14(6-13-7)10-4-8(11)2-3-9(10)12/h2-6H,12H2,1H3. The molecule has 2 N–H and O–H groups in total. The van der Waals surface area contributed by atoms with Gasteiger partial charge in [-0.15, -0.1) is 0 Å². The average molecular weight is 191 g/mol. The molecule has 14 heavy (non-hydrogen) atoms. The molecule has 2 aromatic rings. The topological polar surface area (TPSA) is 43.8 Å². The lowest BCUT2D eigenvalue weighted by molar-refractivity contribution is 0.627. The molecule has 3 nitrogen and oxygen atoms in total. The molecule has 0 atom stereocenters. The lowest BCUT2D eigenvalue weighted by Gasteiger charge is -2.05. The molecule has 0 aliphatic carbocycles. The van der Waals surface area contributed by atoms with Gasteiger partial charge >= 0.3 is 0 Å². The second-order valence-electron chi connectivity index (χ2n) is 3.13. The van der Waals surface area contributed by atoms with E-state index in [-0.39, 0.29) is 5.82 Å². The SMILES string of the molecule is Cc1cn(-c2cc(F)ccc2N)cn1. The van der Waals surface area contributed by atoms with Crippen LogP contribution in [0.4, 0.5) is 10.1 Å². The molecule has 0 radical (unpaired) electrons. The molecule has 4 heteroatoms. The first-order valence-corrected chi connectivity index (χ1v) is 4.23. The molecular weight excluding hydrogens is 181 g/mol. The lowest BCUT2D eigenvalue weighted by Crippen LogP contribution is -1.97. The highest BCUT2D eigenvalue weighted by Crippen LogP contribution is 2.18. The number of nitrogens with two attached hydrogens (primary N) is 1. The summed E-state index contributed by atoms with van der Waals surface area (Å²) in [6.45, 7) is 1.87. The van der Waals surface area contributed by atoms with Gasteiger partial charge in [0.1, 0.15) is 5.82 Å². The zero-order valence-electron chi connectivity index (χ0n) is 7.74. The number of nitrogens with zero attached hydrogens (tertiary/aromatic N) is 2. The van der Waals surface area contributed by atoms with Crippen molar-refractivity contribution in [3.63, 3.8) is 0 Å². The number of imidazole rings is 1. The predicted octanol–water partition coefficient (Wildman–Crippen LogP) is 1.90. The van der Waals surface area contributed by atoms with Crippen molar-refractivity contribution in [2.45, 2.75) is 6.92 Å². The molecule has 0 bridgehead atoms. The van der Waals surface area contributed by atoms with Crippen molar-refractivity contribution in [3.05, 3.63) is 42.2 Å². The number of rotatable bonds is 1. The Hall–Kier alpha value is -1.84. The third-order valence-electron chi connectivity index (χ3n) is 1.98. The van der Waals surface area contributed by atoms with Crippen LogP contribution in [-0.2, 0) is 0 Å². The van der Waals surface area contributed by atoms with Crippen LogP contribution >= 0.6 is 0 Å². The smallest absolute Gasteiger partial charge is 0.125 e. The van der Waals surface area contributed by atoms with Crippen LogP contribution in [0.5, 0.6) is 0 Å². The van der Waals surface area contributed by atoms with Gasteiger partial charge in [0.05, 0.1) is 23.4 Å². The fraction of sp³-hybridized carbons (Fsp3) is 0.100. The van der Waals surface area contributed by atoms with Crippen molar-refractivity contribution in [1.82, 2.24) is 9.55 Å². The zero-order chi connectivity index (χ0) is 10.1. The van der Waals surface area contributed by atoms with Gasteiger partial charge in [-0.2, -0.15) is 0 Å². The molecule has 0 amide bonds. The Morgan fingerprint density at radius 1 is 1.43 bits per heavy atom. The summed E-state index contributed by atoms with van der Waals surface area (Å²) in [4.78, 5) is 4.05. The molecule has 0 unspecified atom stereocenters. The summed E-state index contributed by atoms with van der Waals surface area (Å²) in [6.07, 6.45) is 3.41. The van der Waals surface area contributed by atoms with Crippen LogP contribution in [0.25, 0.3) is 5.69 Å². The van der Waals surface area contributed by atoms with Crippen LogP contribution in [0, 0.1) is 12.7 Å². The van der Waals surface area contributed by atoms with Gasteiger partial charge in [-0.3, -0.25) is 0 Å². The summed E-state index contributed by atoms with van der Waals surface area (Å²) in [6, 6.07) is 4.26. The van der Waals surface area contributed by atoms with Crippen LogP contribution in [0.15, 0.2) is 30.7 Å². The van der Waals surface area contributed by atoms with Gasteiger partial charge in [-0.25, -0.2) is 9.37 Å². The summed E-state index contributed by atoms with van der Waals surface area (Å²) in [5, 5.41) is 0. The molecule has 0 spiro atoms. The summed E-state index contributed by atoms with van der Waals surface area (Å²) < 4.78 is 14.7. The van der Waals surface area contributed by atoms with Crippen molar-refractivity contribution in [2.24, 2.45) is 0 Å². The van der Waals surface area contributed by atoms with E-state index in [2.05, 4.69) is 4.98 Å². The van der Waals surface area contributed by atoms with E-state index in [1.807, 2.05) is 6.92 Å². The second kappa shape index (κ2) is 3.14. The van der Waals surface area contributed by atoms with E-state index in [1.54, 1.807) is 23.2 Å². The lowest BCUT2D eigenvalue weighted by atomic mass is 10.2. The van der Waals surface area contributed by atoms with Crippen molar-refractivity contribution in [3.8, 4) is 5.69 Å². The Balaban J connectivity index is 2.55. The maximum absolute atomic E-state index is 13.0. The van der Waals surface area contributed by atoms with E-state index in [1.165, 1.54) is 12.1 Å². The first kappa shape index (κ1) is 8.74. The number of nitrogen functional groups attached to an aromatic ring is 1. The van der Waals surface area contributed by atoms with Crippen molar-refractivity contribution in [2.75, 3.05) is 5.73 Å². The first-order chi connectivity index (χ1) is 6.66. The van der Waals surface area contributed by atoms with Crippen LogP contribution in [0.3, 0.4) is 0 Å². The maximum atomic E-state index is 13.0. The van der Waals surface area contributed by atoms with Crippen LogP contribution in [-0.4, -0.2) is 9.55 Å². The quantitative estimate of drug-likeness (QED) is 0.699. The summed E-state index contributed by atoms with van der Waals surface area (Å²) in [5.41, 5.74) is 7.73. The summed E-state index contributed by atoms with van der Waals surface area (Å²) in [5.74, 6) is -0.305. The van der Waals surface area contributed by atoms with Crippen LogP contribution in [0.2, 0.25) is 0 Å². The second-order valence-corrected chi connectivity index (χ2v) is 3.13. The molecule has 0 aliphatic rings. The van der Waals surface area contributed by atoms with E-state index in [0.29, 0.717) is 11.4 Å². The fourth-order valence-electron chi connectivity index (χ4n) is 1.29. The minimum Gasteiger partial charge on any atom is -0.397 e. The molecule has 2 rings (SSSR count). The molecule has 0 saturated heterocycles. The van der Waals surface area contributed by atoms with E-state index in [0.717, 1.165) is 5.69 Å². The van der Waals surface area contributed by atoms with Gasteiger partial charge in [-0.1, -0.05) is 0 Å². The summed E-state index contributed by atoms with van der Waals surface area (Å²) >= 11 is 0. The van der Waals surface area contributed by atoms with Gasteiger partial charge in [0, 0.05) is 6.20 Å². The fourth-order valence-corrected chi connectivity index (χ4v) is 1.29. The van der Waals surface area contributed by atoms with Gasteiger partial charge in [-0.05, 0) is 25.1 Å². The highest BCUT2D eigenvalue weighted by atomic mass is 19.1. The van der Waals surface area contributed by atoms with Crippen LogP contribution in [0.1, 0.15) is 5.69 Å². The molecule has 1 aromatic heterocycles. The Kier molecular flexibility index (Phi) is 1.96. The number of hydrogen-bond acceptors (Lipinski definition) is 2. The minimum absolute atomic E-state index is 0.305. The van der Waals surface area contributed by atoms with E-state index in [4.69, 9.17) is 5.73 Å².